The van der Waals surface area contributed by atoms with Gasteiger partial charge in [-0.3, -0.25) is 4.90 Å². The summed E-state index contributed by atoms with van der Waals surface area (Å²) in [5.74, 6) is 0. The van der Waals surface area contributed by atoms with Crippen LogP contribution in [0.25, 0.3) is 10.9 Å². The van der Waals surface area contributed by atoms with E-state index in [0.717, 1.165) is 6.54 Å². The lowest BCUT2D eigenvalue weighted by atomic mass is 9.79. The summed E-state index contributed by atoms with van der Waals surface area (Å²) in [6.07, 6.45) is 4.70. The van der Waals surface area contributed by atoms with Crippen LogP contribution in [0.15, 0.2) is 30.5 Å². The molecule has 0 radical (unpaired) electrons. The maximum atomic E-state index is 3.33. The average molecular weight is 341 g/mol. The molecule has 0 aliphatic carbocycles. The van der Waals surface area contributed by atoms with Crippen LogP contribution in [-0.2, 0) is 6.54 Å². The molecular formula is C21H32N4. The second-order valence-corrected chi connectivity index (χ2v) is 8.52. The van der Waals surface area contributed by atoms with E-state index < -0.39 is 0 Å². The summed E-state index contributed by atoms with van der Waals surface area (Å²) in [5, 5.41) is 1.38. The Morgan fingerprint density at radius 3 is 2.48 bits per heavy atom. The molecular weight excluding hydrogens is 308 g/mol. The van der Waals surface area contributed by atoms with Gasteiger partial charge in [-0.05, 0) is 56.1 Å². The highest BCUT2D eigenvalue weighted by molar-refractivity contribution is 5.82. The Morgan fingerprint density at radius 1 is 0.960 bits per heavy atom. The van der Waals surface area contributed by atoms with Crippen LogP contribution in [0.5, 0.6) is 0 Å². The molecule has 1 aromatic carbocycles. The van der Waals surface area contributed by atoms with Crippen LogP contribution < -0.4 is 0 Å². The van der Waals surface area contributed by atoms with Crippen molar-refractivity contribution in [2.24, 2.45) is 5.41 Å². The van der Waals surface area contributed by atoms with E-state index in [1.165, 1.54) is 75.1 Å². The molecule has 2 aliphatic rings. The van der Waals surface area contributed by atoms with Crippen LogP contribution in [0.1, 0.15) is 25.3 Å². The Bertz CT molecular complexity index is 691. The molecule has 0 saturated carbocycles. The first-order valence-electron chi connectivity index (χ1n) is 9.80. The number of piperazine rings is 1. The van der Waals surface area contributed by atoms with Crippen molar-refractivity contribution in [2.75, 3.05) is 52.9 Å². The number of aromatic nitrogens is 1. The third-order valence-electron chi connectivity index (χ3n) is 6.34. The number of likely N-dealkylation sites (N-methyl/N-ethyl adjacent to an activating group) is 1. The van der Waals surface area contributed by atoms with Gasteiger partial charge in [-0.15, -0.1) is 0 Å². The van der Waals surface area contributed by atoms with Crippen molar-refractivity contribution >= 4 is 10.9 Å². The Kier molecular flexibility index (Phi) is 4.85. The fourth-order valence-electron chi connectivity index (χ4n) is 4.48. The van der Waals surface area contributed by atoms with Crippen molar-refractivity contribution in [3.63, 3.8) is 0 Å². The van der Waals surface area contributed by atoms with Crippen LogP contribution in [-0.4, -0.2) is 72.5 Å². The van der Waals surface area contributed by atoms with Crippen molar-refractivity contribution in [3.05, 3.63) is 36.0 Å². The van der Waals surface area contributed by atoms with Crippen LogP contribution in [0.2, 0.25) is 0 Å². The first kappa shape index (κ1) is 17.1. The third-order valence-corrected chi connectivity index (χ3v) is 6.34. The number of nitrogens with zero attached hydrogens (tertiary/aromatic N) is 3. The van der Waals surface area contributed by atoms with Gasteiger partial charge in [0, 0.05) is 56.4 Å². The Morgan fingerprint density at radius 2 is 1.72 bits per heavy atom. The largest absolute Gasteiger partial charge is 0.361 e. The summed E-state index contributed by atoms with van der Waals surface area (Å²) in [7, 11) is 2.24. The summed E-state index contributed by atoms with van der Waals surface area (Å²) < 4.78 is 0. The van der Waals surface area contributed by atoms with Gasteiger partial charge in [0.1, 0.15) is 0 Å². The lowest BCUT2D eigenvalue weighted by molar-refractivity contribution is 0.0520. The van der Waals surface area contributed by atoms with Crippen LogP contribution in [0.4, 0.5) is 0 Å². The molecule has 4 heteroatoms. The highest BCUT2D eigenvalue weighted by Gasteiger charge is 2.32. The van der Waals surface area contributed by atoms with Crippen LogP contribution >= 0.6 is 0 Å². The minimum absolute atomic E-state index is 0.493. The van der Waals surface area contributed by atoms with Crippen molar-refractivity contribution in [1.29, 1.82) is 0 Å². The average Bonchev–Trinajstić information content (AvgIpc) is 3.09. The molecule has 136 valence electrons. The summed E-state index contributed by atoms with van der Waals surface area (Å²) in [6.45, 7) is 12.3. The standard InChI is InChI=1S/C21H32N4/c1-21(17-25-14-12-23(2)13-15-25)7-10-24(11-8-21)16-18-4-3-5-20-19(18)6-9-22-20/h3-6,9,22H,7-8,10-17H2,1-2H3. The number of hydrogen-bond donors (Lipinski definition) is 1. The monoisotopic (exact) mass is 340 g/mol. The molecule has 0 bridgehead atoms. The highest BCUT2D eigenvalue weighted by Crippen LogP contribution is 2.33. The molecule has 3 heterocycles. The lowest BCUT2D eigenvalue weighted by Crippen LogP contribution is -2.50. The summed E-state index contributed by atoms with van der Waals surface area (Å²) in [6, 6.07) is 8.85. The number of hydrogen-bond acceptors (Lipinski definition) is 3. The molecule has 2 saturated heterocycles. The number of fused-ring (bicyclic) bond motifs is 1. The quantitative estimate of drug-likeness (QED) is 0.926. The molecule has 1 N–H and O–H groups in total. The van der Waals surface area contributed by atoms with E-state index in [1.807, 2.05) is 0 Å². The molecule has 2 fully saturated rings. The predicted octanol–water partition coefficient (Wildman–Crippen LogP) is 3.02. The molecule has 25 heavy (non-hydrogen) atoms. The number of aromatic amines is 1. The van der Waals surface area contributed by atoms with Gasteiger partial charge >= 0.3 is 0 Å². The van der Waals surface area contributed by atoms with Gasteiger partial charge in [0.2, 0.25) is 0 Å². The topological polar surface area (TPSA) is 25.5 Å². The van der Waals surface area contributed by atoms with Gasteiger partial charge in [0.15, 0.2) is 0 Å². The maximum absolute atomic E-state index is 3.33. The van der Waals surface area contributed by atoms with E-state index in [0.29, 0.717) is 5.41 Å². The Balaban J connectivity index is 1.32. The molecule has 0 spiro atoms. The Hall–Kier alpha value is -1.36. The van der Waals surface area contributed by atoms with E-state index in [9.17, 15) is 0 Å². The number of piperidine rings is 1. The van der Waals surface area contributed by atoms with E-state index in [4.69, 9.17) is 0 Å². The van der Waals surface area contributed by atoms with E-state index in [1.54, 1.807) is 0 Å². The molecule has 2 aromatic rings. The molecule has 4 nitrogen and oxygen atoms in total. The molecule has 0 unspecified atom stereocenters. The molecule has 0 atom stereocenters. The maximum Gasteiger partial charge on any atom is 0.0457 e. The van der Waals surface area contributed by atoms with Gasteiger partial charge in [-0.25, -0.2) is 0 Å². The lowest BCUT2D eigenvalue weighted by Gasteiger charge is -2.44. The van der Waals surface area contributed by atoms with Gasteiger partial charge in [0.05, 0.1) is 0 Å². The zero-order valence-corrected chi connectivity index (χ0v) is 15.8. The van der Waals surface area contributed by atoms with Gasteiger partial charge < -0.3 is 14.8 Å². The molecule has 2 aliphatic heterocycles. The number of nitrogens with one attached hydrogen (secondary N) is 1. The fraction of sp³-hybridized carbons (Fsp3) is 0.619. The number of rotatable bonds is 4. The van der Waals surface area contributed by atoms with Crippen LogP contribution in [0.3, 0.4) is 0 Å². The van der Waals surface area contributed by atoms with Crippen LogP contribution in [0, 0.1) is 5.41 Å². The van der Waals surface area contributed by atoms with Crippen molar-refractivity contribution in [3.8, 4) is 0 Å². The number of likely N-dealkylation sites (tertiary alicyclic amines) is 1. The van der Waals surface area contributed by atoms with Gasteiger partial charge in [0.25, 0.3) is 0 Å². The molecule has 0 amide bonds. The van der Waals surface area contributed by atoms with Crippen molar-refractivity contribution in [2.45, 2.75) is 26.3 Å². The normalized spacial score (nSPS) is 23.3. The zero-order chi connectivity index (χ0) is 17.3. The fourth-order valence-corrected chi connectivity index (χ4v) is 4.48. The van der Waals surface area contributed by atoms with Crippen molar-refractivity contribution in [1.82, 2.24) is 19.7 Å². The second kappa shape index (κ2) is 7.10. The minimum atomic E-state index is 0.493. The second-order valence-electron chi connectivity index (χ2n) is 8.52. The predicted molar refractivity (Wildman–Crippen MR) is 105 cm³/mol. The molecule has 1 aromatic heterocycles. The van der Waals surface area contributed by atoms with E-state index in [2.05, 4.69) is 64.1 Å². The first-order valence-corrected chi connectivity index (χ1v) is 9.80. The number of benzene rings is 1. The summed E-state index contributed by atoms with van der Waals surface area (Å²) in [4.78, 5) is 11.1. The zero-order valence-electron chi connectivity index (χ0n) is 15.8. The number of H-pyrrole nitrogens is 1. The highest BCUT2D eigenvalue weighted by atomic mass is 15.2. The SMILES string of the molecule is CN1CCN(CC2(C)CCN(Cc3cccc4[nH]ccc34)CC2)CC1. The smallest absolute Gasteiger partial charge is 0.0457 e. The van der Waals surface area contributed by atoms with E-state index >= 15 is 0 Å². The summed E-state index contributed by atoms with van der Waals surface area (Å²) in [5.41, 5.74) is 3.21. The minimum Gasteiger partial charge on any atom is -0.361 e. The first-order chi connectivity index (χ1) is 12.1. The van der Waals surface area contributed by atoms with Gasteiger partial charge in [-0.2, -0.15) is 0 Å². The molecule has 4 rings (SSSR count). The third kappa shape index (κ3) is 3.91. The van der Waals surface area contributed by atoms with E-state index in [-0.39, 0.29) is 0 Å². The Labute approximate surface area is 151 Å². The van der Waals surface area contributed by atoms with Crippen molar-refractivity contribution < 1.29 is 0 Å². The summed E-state index contributed by atoms with van der Waals surface area (Å²) >= 11 is 0. The van der Waals surface area contributed by atoms with Gasteiger partial charge in [-0.1, -0.05) is 19.1 Å².